The second-order valence-electron chi connectivity index (χ2n) is 4.31. The van der Waals surface area contributed by atoms with Crippen LogP contribution in [0.25, 0.3) is 0 Å². The van der Waals surface area contributed by atoms with Gasteiger partial charge in [-0.15, -0.1) is 0 Å². The molecular weight excluding hydrogens is 241 g/mol. The van der Waals surface area contributed by atoms with Crippen LogP contribution >= 0.6 is 11.6 Å². The molecule has 0 radical (unpaired) electrons. The Morgan fingerprint density at radius 1 is 1.47 bits per heavy atom. The normalized spacial score (nSPS) is 19.8. The Morgan fingerprint density at radius 2 is 2.35 bits per heavy atom. The Labute approximate surface area is 106 Å². The van der Waals surface area contributed by atoms with Crippen LogP contribution in [0.15, 0.2) is 18.2 Å². The van der Waals surface area contributed by atoms with Gasteiger partial charge in [-0.25, -0.2) is 4.39 Å². The van der Waals surface area contributed by atoms with E-state index in [0.29, 0.717) is 12.6 Å². The summed E-state index contributed by atoms with van der Waals surface area (Å²) in [5.74, 6) is -0.356. The topological polar surface area (TPSA) is 21.3 Å². The molecule has 1 N–H and O–H groups in total. The number of hydrogen-bond acceptors (Lipinski definition) is 2. The quantitative estimate of drug-likeness (QED) is 0.819. The maximum Gasteiger partial charge on any atom is 0.142 e. The number of rotatable bonds is 5. The first-order chi connectivity index (χ1) is 8.27. The van der Waals surface area contributed by atoms with Crippen molar-refractivity contribution in [1.82, 2.24) is 5.32 Å². The molecule has 1 aromatic carbocycles. The van der Waals surface area contributed by atoms with Crippen LogP contribution in [0.4, 0.5) is 4.39 Å². The average molecular weight is 258 g/mol. The van der Waals surface area contributed by atoms with Gasteiger partial charge in [-0.2, -0.15) is 0 Å². The van der Waals surface area contributed by atoms with Crippen molar-refractivity contribution in [2.24, 2.45) is 0 Å². The Kier molecular flexibility index (Phi) is 4.77. The lowest BCUT2D eigenvalue weighted by molar-refractivity contribution is 0.104. The van der Waals surface area contributed by atoms with Gasteiger partial charge in [0.2, 0.25) is 0 Å². The van der Waals surface area contributed by atoms with Crippen molar-refractivity contribution < 1.29 is 9.13 Å². The molecule has 1 fully saturated rings. The molecule has 4 heteroatoms. The summed E-state index contributed by atoms with van der Waals surface area (Å²) in [6, 6.07) is 4.89. The van der Waals surface area contributed by atoms with Crippen molar-refractivity contribution in [2.45, 2.75) is 31.9 Å². The minimum absolute atomic E-state index is 0.220. The first kappa shape index (κ1) is 12.8. The van der Waals surface area contributed by atoms with Crippen LogP contribution in [0, 0.1) is 5.82 Å². The predicted molar refractivity (Wildman–Crippen MR) is 66.7 cm³/mol. The standard InChI is InChI=1S/C13H17ClFNO/c14-13-10(3-1-5-12(13)15)9-16-7-6-11-4-2-8-17-11/h1,3,5,11,16H,2,4,6-9H2. The zero-order valence-electron chi connectivity index (χ0n) is 9.72. The first-order valence-corrected chi connectivity index (χ1v) is 6.40. The van der Waals surface area contributed by atoms with Gasteiger partial charge in [-0.1, -0.05) is 23.7 Å². The van der Waals surface area contributed by atoms with E-state index in [1.807, 2.05) is 6.07 Å². The lowest BCUT2D eigenvalue weighted by atomic mass is 10.2. The summed E-state index contributed by atoms with van der Waals surface area (Å²) in [5, 5.41) is 3.49. The molecule has 94 valence electrons. The maximum atomic E-state index is 13.2. The van der Waals surface area contributed by atoms with Gasteiger partial charge in [-0.3, -0.25) is 0 Å². The van der Waals surface area contributed by atoms with Crippen LogP contribution < -0.4 is 5.32 Å². The Hall–Kier alpha value is -0.640. The summed E-state index contributed by atoms with van der Waals surface area (Å²) in [5.41, 5.74) is 0.805. The van der Waals surface area contributed by atoms with Gasteiger partial charge in [0.05, 0.1) is 11.1 Å². The van der Waals surface area contributed by atoms with Crippen LogP contribution in [-0.4, -0.2) is 19.3 Å². The van der Waals surface area contributed by atoms with Gasteiger partial charge >= 0.3 is 0 Å². The predicted octanol–water partition coefficient (Wildman–Crippen LogP) is 3.14. The van der Waals surface area contributed by atoms with Crippen LogP contribution in [0.3, 0.4) is 0 Å². The van der Waals surface area contributed by atoms with E-state index in [1.165, 1.54) is 12.5 Å². The van der Waals surface area contributed by atoms with Gasteiger partial charge < -0.3 is 10.1 Å². The molecule has 0 bridgehead atoms. The highest BCUT2D eigenvalue weighted by molar-refractivity contribution is 6.31. The SMILES string of the molecule is Fc1cccc(CNCCC2CCCO2)c1Cl. The fraction of sp³-hybridized carbons (Fsp3) is 0.538. The highest BCUT2D eigenvalue weighted by atomic mass is 35.5. The van der Waals surface area contributed by atoms with Crippen LogP contribution in [0.5, 0.6) is 0 Å². The molecule has 17 heavy (non-hydrogen) atoms. The van der Waals surface area contributed by atoms with Crippen LogP contribution in [-0.2, 0) is 11.3 Å². The molecule has 1 aliphatic heterocycles. The molecule has 1 aromatic rings. The molecule has 0 saturated carbocycles. The minimum Gasteiger partial charge on any atom is -0.378 e. The van der Waals surface area contributed by atoms with Crippen molar-refractivity contribution in [1.29, 1.82) is 0 Å². The maximum absolute atomic E-state index is 13.2. The van der Waals surface area contributed by atoms with Gasteiger partial charge in [0.1, 0.15) is 5.82 Å². The van der Waals surface area contributed by atoms with E-state index in [1.54, 1.807) is 6.07 Å². The summed E-state index contributed by atoms with van der Waals surface area (Å²) >= 11 is 5.86. The van der Waals surface area contributed by atoms with E-state index in [4.69, 9.17) is 16.3 Å². The number of benzene rings is 1. The molecule has 1 heterocycles. The Balaban J connectivity index is 1.72. The molecular formula is C13H17ClFNO. The summed E-state index contributed by atoms with van der Waals surface area (Å²) in [6.07, 6.45) is 3.72. The molecule has 1 atom stereocenters. The lowest BCUT2D eigenvalue weighted by Crippen LogP contribution is -2.20. The third kappa shape index (κ3) is 3.66. The molecule has 0 aromatic heterocycles. The fourth-order valence-corrected chi connectivity index (χ4v) is 2.24. The highest BCUT2D eigenvalue weighted by Gasteiger charge is 2.14. The molecule has 2 nitrogen and oxygen atoms in total. The number of hydrogen-bond donors (Lipinski definition) is 1. The molecule has 1 saturated heterocycles. The van der Waals surface area contributed by atoms with E-state index >= 15 is 0 Å². The van der Waals surface area contributed by atoms with Gasteiger partial charge in [0, 0.05) is 13.2 Å². The van der Waals surface area contributed by atoms with Crippen molar-refractivity contribution in [3.8, 4) is 0 Å². The van der Waals surface area contributed by atoms with E-state index in [-0.39, 0.29) is 10.8 Å². The van der Waals surface area contributed by atoms with Crippen LogP contribution in [0.2, 0.25) is 5.02 Å². The Morgan fingerprint density at radius 3 is 3.12 bits per heavy atom. The second-order valence-corrected chi connectivity index (χ2v) is 4.69. The molecule has 0 aliphatic carbocycles. The largest absolute Gasteiger partial charge is 0.378 e. The number of halogens is 2. The molecule has 0 amide bonds. The zero-order valence-corrected chi connectivity index (χ0v) is 10.5. The number of ether oxygens (including phenoxy) is 1. The second kappa shape index (κ2) is 6.34. The van der Waals surface area contributed by atoms with E-state index in [0.717, 1.165) is 31.6 Å². The average Bonchev–Trinajstić information content (AvgIpc) is 2.83. The molecule has 1 aliphatic rings. The molecule has 1 unspecified atom stereocenters. The zero-order chi connectivity index (χ0) is 12.1. The van der Waals surface area contributed by atoms with Gasteiger partial charge in [-0.05, 0) is 37.4 Å². The summed E-state index contributed by atoms with van der Waals surface area (Å²) in [7, 11) is 0. The number of nitrogens with one attached hydrogen (secondary N) is 1. The minimum atomic E-state index is -0.356. The van der Waals surface area contributed by atoms with Crippen molar-refractivity contribution >= 4 is 11.6 Å². The van der Waals surface area contributed by atoms with Crippen molar-refractivity contribution in [3.05, 3.63) is 34.6 Å². The lowest BCUT2D eigenvalue weighted by Gasteiger charge is -2.10. The van der Waals surface area contributed by atoms with Crippen molar-refractivity contribution in [2.75, 3.05) is 13.2 Å². The smallest absolute Gasteiger partial charge is 0.142 e. The van der Waals surface area contributed by atoms with Gasteiger partial charge in [0.25, 0.3) is 0 Å². The summed E-state index contributed by atoms with van der Waals surface area (Å²) in [4.78, 5) is 0. The monoisotopic (exact) mass is 257 g/mol. The van der Waals surface area contributed by atoms with Crippen LogP contribution in [0.1, 0.15) is 24.8 Å². The summed E-state index contributed by atoms with van der Waals surface area (Å²) in [6.45, 7) is 2.36. The van der Waals surface area contributed by atoms with E-state index < -0.39 is 0 Å². The van der Waals surface area contributed by atoms with Crippen molar-refractivity contribution in [3.63, 3.8) is 0 Å². The summed E-state index contributed by atoms with van der Waals surface area (Å²) < 4.78 is 18.7. The molecule has 0 spiro atoms. The first-order valence-electron chi connectivity index (χ1n) is 6.02. The third-order valence-electron chi connectivity index (χ3n) is 3.01. The van der Waals surface area contributed by atoms with Gasteiger partial charge in [0.15, 0.2) is 0 Å². The fourth-order valence-electron chi connectivity index (χ4n) is 2.04. The highest BCUT2D eigenvalue weighted by Crippen LogP contribution is 2.19. The third-order valence-corrected chi connectivity index (χ3v) is 3.44. The Bertz CT molecular complexity index is 366. The van der Waals surface area contributed by atoms with E-state index in [9.17, 15) is 4.39 Å². The molecule has 2 rings (SSSR count). The van der Waals surface area contributed by atoms with E-state index in [2.05, 4.69) is 5.32 Å².